The molecule has 0 spiro atoms. The molecule has 0 bridgehead atoms. The van der Waals surface area contributed by atoms with Crippen molar-refractivity contribution in [3.63, 3.8) is 0 Å². The highest BCUT2D eigenvalue weighted by molar-refractivity contribution is 6.46. The second-order valence-electron chi connectivity index (χ2n) is 7.79. The van der Waals surface area contributed by atoms with Gasteiger partial charge in [-0.3, -0.25) is 9.59 Å². The Morgan fingerprint density at radius 2 is 1.70 bits per heavy atom. The Balaban J connectivity index is 2.07. The minimum absolute atomic E-state index is 0.124. The van der Waals surface area contributed by atoms with Crippen molar-refractivity contribution in [2.75, 3.05) is 34.3 Å². The van der Waals surface area contributed by atoms with Gasteiger partial charge < -0.3 is 19.6 Å². The Bertz CT molecular complexity index is 946. The third-order valence-corrected chi connectivity index (χ3v) is 5.30. The second kappa shape index (κ2) is 9.13. The topological polar surface area (TPSA) is 70.1 Å². The first-order valence-electron chi connectivity index (χ1n) is 9.97. The fourth-order valence-electron chi connectivity index (χ4n) is 3.67. The number of methoxy groups -OCH3 is 1. The van der Waals surface area contributed by atoms with E-state index >= 15 is 0 Å². The second-order valence-corrected chi connectivity index (χ2v) is 7.79. The van der Waals surface area contributed by atoms with Gasteiger partial charge >= 0.3 is 0 Å². The van der Waals surface area contributed by atoms with E-state index in [2.05, 4.69) is 0 Å². The van der Waals surface area contributed by atoms with Gasteiger partial charge in [-0.2, -0.15) is 0 Å². The van der Waals surface area contributed by atoms with Gasteiger partial charge in [0, 0.05) is 12.1 Å². The van der Waals surface area contributed by atoms with E-state index in [1.54, 1.807) is 36.3 Å². The molecule has 6 nitrogen and oxygen atoms in total. The van der Waals surface area contributed by atoms with Crippen molar-refractivity contribution in [2.24, 2.45) is 0 Å². The number of Topliss-reactive ketones (excluding diaryl/α,β-unsaturated/α-hetero) is 1. The standard InChI is InChI=1S/C24H28N2O4/c1-16-6-8-18(9-7-16)22(27)20-21(17-10-12-19(30-4)13-11-17)26(24(29)23(20)28)15-5-14-25(2)3/h6-13,21,27H,5,14-15H2,1-4H3. The quantitative estimate of drug-likeness (QED) is 0.432. The molecule has 1 N–H and O–H groups in total. The molecule has 3 rings (SSSR count). The normalized spacial score (nSPS) is 18.3. The number of carbonyl (C=O) groups is 2. The molecule has 1 amide bonds. The third kappa shape index (κ3) is 4.39. The lowest BCUT2D eigenvalue weighted by molar-refractivity contribution is -0.139. The van der Waals surface area contributed by atoms with E-state index < -0.39 is 17.7 Å². The summed E-state index contributed by atoms with van der Waals surface area (Å²) in [6.07, 6.45) is 0.719. The SMILES string of the molecule is COc1ccc(C2C(=C(O)c3ccc(C)cc3)C(=O)C(=O)N2CCCN(C)C)cc1. The highest BCUT2D eigenvalue weighted by Crippen LogP contribution is 2.39. The Morgan fingerprint density at radius 1 is 1.07 bits per heavy atom. The number of hydrogen-bond acceptors (Lipinski definition) is 5. The van der Waals surface area contributed by atoms with Gasteiger partial charge in [0.25, 0.3) is 11.7 Å². The maximum Gasteiger partial charge on any atom is 0.295 e. The van der Waals surface area contributed by atoms with Gasteiger partial charge in [0.1, 0.15) is 11.5 Å². The van der Waals surface area contributed by atoms with Gasteiger partial charge in [-0.15, -0.1) is 0 Å². The number of ether oxygens (including phenoxy) is 1. The number of aliphatic hydroxyl groups is 1. The van der Waals surface area contributed by atoms with Crippen LogP contribution >= 0.6 is 0 Å². The molecule has 1 aliphatic rings. The summed E-state index contributed by atoms with van der Waals surface area (Å²) in [6.45, 7) is 3.16. The van der Waals surface area contributed by atoms with E-state index in [4.69, 9.17) is 4.74 Å². The van der Waals surface area contributed by atoms with E-state index in [0.29, 0.717) is 17.9 Å². The maximum absolute atomic E-state index is 13.0. The lowest BCUT2D eigenvalue weighted by atomic mass is 9.95. The van der Waals surface area contributed by atoms with E-state index in [1.807, 2.05) is 50.2 Å². The predicted octanol–water partition coefficient (Wildman–Crippen LogP) is 3.38. The smallest absolute Gasteiger partial charge is 0.295 e. The number of amides is 1. The zero-order valence-electron chi connectivity index (χ0n) is 17.9. The predicted molar refractivity (Wildman–Crippen MR) is 116 cm³/mol. The number of rotatable bonds is 7. The van der Waals surface area contributed by atoms with Crippen LogP contribution in [0.1, 0.15) is 29.2 Å². The fraction of sp³-hybridized carbons (Fsp3) is 0.333. The molecule has 158 valence electrons. The Morgan fingerprint density at radius 3 is 2.27 bits per heavy atom. The number of nitrogens with zero attached hydrogens (tertiary/aromatic N) is 2. The molecule has 0 aliphatic carbocycles. The number of carbonyl (C=O) groups excluding carboxylic acids is 2. The van der Waals surface area contributed by atoms with E-state index in [0.717, 1.165) is 24.1 Å². The van der Waals surface area contributed by atoms with Crippen molar-refractivity contribution in [3.8, 4) is 5.75 Å². The van der Waals surface area contributed by atoms with Crippen LogP contribution in [0.4, 0.5) is 0 Å². The van der Waals surface area contributed by atoms with Crippen molar-refractivity contribution in [3.05, 3.63) is 70.8 Å². The first kappa shape index (κ1) is 21.6. The Labute approximate surface area is 177 Å². The Kier molecular flexibility index (Phi) is 6.57. The summed E-state index contributed by atoms with van der Waals surface area (Å²) in [6, 6.07) is 13.9. The van der Waals surface area contributed by atoms with Gasteiger partial charge in [-0.1, -0.05) is 42.0 Å². The van der Waals surface area contributed by atoms with Crippen LogP contribution in [0.15, 0.2) is 54.1 Å². The molecule has 2 aromatic carbocycles. The van der Waals surface area contributed by atoms with Crippen LogP contribution in [0, 0.1) is 6.92 Å². The first-order valence-corrected chi connectivity index (χ1v) is 9.97. The molecular formula is C24H28N2O4. The number of aryl methyl sites for hydroxylation is 1. The van der Waals surface area contributed by atoms with E-state index in [-0.39, 0.29) is 11.3 Å². The molecular weight excluding hydrogens is 380 g/mol. The maximum atomic E-state index is 13.0. The molecule has 1 aliphatic heterocycles. The number of hydrogen-bond donors (Lipinski definition) is 1. The summed E-state index contributed by atoms with van der Waals surface area (Å²) >= 11 is 0. The van der Waals surface area contributed by atoms with Crippen molar-refractivity contribution in [2.45, 2.75) is 19.4 Å². The van der Waals surface area contributed by atoms with Crippen LogP contribution in [-0.4, -0.2) is 60.9 Å². The molecule has 0 radical (unpaired) electrons. The van der Waals surface area contributed by atoms with Crippen LogP contribution in [0.5, 0.6) is 5.75 Å². The molecule has 0 saturated carbocycles. The largest absolute Gasteiger partial charge is 0.507 e. The summed E-state index contributed by atoms with van der Waals surface area (Å²) < 4.78 is 5.23. The summed E-state index contributed by atoms with van der Waals surface area (Å²) in [7, 11) is 5.51. The van der Waals surface area contributed by atoms with Crippen LogP contribution in [0.2, 0.25) is 0 Å². The minimum atomic E-state index is -0.654. The highest BCUT2D eigenvalue weighted by Gasteiger charge is 2.45. The highest BCUT2D eigenvalue weighted by atomic mass is 16.5. The van der Waals surface area contributed by atoms with Crippen molar-refractivity contribution >= 4 is 17.4 Å². The van der Waals surface area contributed by atoms with Gasteiger partial charge in [0.05, 0.1) is 18.7 Å². The molecule has 0 aromatic heterocycles. The van der Waals surface area contributed by atoms with E-state index in [9.17, 15) is 14.7 Å². The van der Waals surface area contributed by atoms with Crippen LogP contribution in [0.25, 0.3) is 5.76 Å². The fourth-order valence-corrected chi connectivity index (χ4v) is 3.67. The van der Waals surface area contributed by atoms with Crippen LogP contribution in [-0.2, 0) is 9.59 Å². The monoisotopic (exact) mass is 408 g/mol. The number of aliphatic hydroxyl groups excluding tert-OH is 1. The third-order valence-electron chi connectivity index (χ3n) is 5.30. The lowest BCUT2D eigenvalue weighted by Crippen LogP contribution is -2.32. The van der Waals surface area contributed by atoms with Gasteiger partial charge in [0.2, 0.25) is 0 Å². The lowest BCUT2D eigenvalue weighted by Gasteiger charge is -2.26. The molecule has 2 aromatic rings. The first-order chi connectivity index (χ1) is 14.3. The van der Waals surface area contributed by atoms with E-state index in [1.165, 1.54) is 0 Å². The van der Waals surface area contributed by atoms with Crippen LogP contribution in [0.3, 0.4) is 0 Å². The molecule has 1 atom stereocenters. The van der Waals surface area contributed by atoms with Crippen molar-refractivity contribution in [1.29, 1.82) is 0 Å². The van der Waals surface area contributed by atoms with Gasteiger partial charge in [-0.25, -0.2) is 0 Å². The zero-order chi connectivity index (χ0) is 21.8. The molecule has 1 unspecified atom stereocenters. The zero-order valence-corrected chi connectivity index (χ0v) is 17.9. The number of ketones is 1. The van der Waals surface area contributed by atoms with Crippen molar-refractivity contribution in [1.82, 2.24) is 9.80 Å². The van der Waals surface area contributed by atoms with Gasteiger partial charge in [0.15, 0.2) is 0 Å². The summed E-state index contributed by atoms with van der Waals surface area (Å²) in [5.41, 5.74) is 2.44. The Hall–Kier alpha value is -3.12. The molecule has 1 saturated heterocycles. The average Bonchev–Trinajstić information content (AvgIpc) is 2.98. The molecule has 30 heavy (non-hydrogen) atoms. The number of benzene rings is 2. The number of likely N-dealkylation sites (tertiary alicyclic amines) is 1. The molecule has 1 fully saturated rings. The van der Waals surface area contributed by atoms with Crippen molar-refractivity contribution < 1.29 is 19.4 Å². The van der Waals surface area contributed by atoms with Gasteiger partial charge in [-0.05, 0) is 51.7 Å². The summed E-state index contributed by atoms with van der Waals surface area (Å²) in [4.78, 5) is 29.4. The average molecular weight is 408 g/mol. The molecule has 1 heterocycles. The minimum Gasteiger partial charge on any atom is -0.507 e. The molecule has 6 heteroatoms. The summed E-state index contributed by atoms with van der Waals surface area (Å²) in [5, 5.41) is 11.0. The summed E-state index contributed by atoms with van der Waals surface area (Å²) in [5.74, 6) is -0.701. The van der Waals surface area contributed by atoms with Crippen LogP contribution < -0.4 is 4.74 Å².